The van der Waals surface area contributed by atoms with Gasteiger partial charge in [-0.05, 0) is 25.5 Å². The van der Waals surface area contributed by atoms with Crippen LogP contribution in [0.3, 0.4) is 0 Å². The van der Waals surface area contributed by atoms with Gasteiger partial charge in [0.25, 0.3) is 0 Å². The van der Waals surface area contributed by atoms with E-state index >= 15 is 0 Å². The van der Waals surface area contributed by atoms with Gasteiger partial charge in [-0.15, -0.1) is 0 Å². The molecular formula is C20H23N5O2. The van der Waals surface area contributed by atoms with Crippen molar-refractivity contribution in [2.45, 2.75) is 39.8 Å². The Bertz CT molecular complexity index is 969. The normalized spacial score (nSPS) is 13.7. The van der Waals surface area contributed by atoms with Crippen molar-refractivity contribution in [3.8, 4) is 11.4 Å². The number of nitrogens with zero attached hydrogens (tertiary/aromatic N) is 3. The molecule has 7 heteroatoms. The summed E-state index contributed by atoms with van der Waals surface area (Å²) in [6.45, 7) is 5.07. The van der Waals surface area contributed by atoms with E-state index in [4.69, 9.17) is 4.98 Å². The summed E-state index contributed by atoms with van der Waals surface area (Å²) in [6, 6.07) is 7.69. The number of aliphatic hydroxyl groups is 1. The first-order chi connectivity index (χ1) is 13.0. The Balaban J connectivity index is 1.51. The third kappa shape index (κ3) is 3.38. The summed E-state index contributed by atoms with van der Waals surface area (Å²) in [5.74, 6) is 0.887. The van der Waals surface area contributed by atoms with Crippen molar-refractivity contribution >= 4 is 5.91 Å². The van der Waals surface area contributed by atoms with Crippen molar-refractivity contribution in [2.24, 2.45) is 0 Å². The Labute approximate surface area is 157 Å². The number of amides is 1. The molecule has 1 aliphatic rings. The maximum absolute atomic E-state index is 12.8. The lowest BCUT2D eigenvalue weighted by molar-refractivity contribution is -0.131. The van der Waals surface area contributed by atoms with Crippen LogP contribution < -0.4 is 0 Å². The average molecular weight is 365 g/mol. The fourth-order valence-corrected chi connectivity index (χ4v) is 3.56. The number of aryl methyl sites for hydroxylation is 2. The van der Waals surface area contributed by atoms with Gasteiger partial charge in [0, 0.05) is 29.8 Å². The summed E-state index contributed by atoms with van der Waals surface area (Å²) >= 11 is 0. The summed E-state index contributed by atoms with van der Waals surface area (Å²) in [5.41, 5.74) is 6.61. The standard InChI is InChI=1S/C20H23N5O2/c1-12-16(13(2)24-23-12)9-19(27)25-7-6-17-18(10-25)22-20(21-17)15-5-3-4-14(8-15)11-26/h3-5,8,26H,6-7,9-11H2,1-2H3,(H,21,22)(H,23,24). The average Bonchev–Trinajstić information content (AvgIpc) is 3.25. The third-order valence-corrected chi connectivity index (χ3v) is 5.18. The van der Waals surface area contributed by atoms with E-state index in [0.717, 1.165) is 51.7 Å². The molecule has 0 unspecified atom stereocenters. The quantitative estimate of drug-likeness (QED) is 0.659. The summed E-state index contributed by atoms with van der Waals surface area (Å²) in [5, 5.41) is 16.4. The zero-order valence-electron chi connectivity index (χ0n) is 15.5. The fourth-order valence-electron chi connectivity index (χ4n) is 3.56. The monoisotopic (exact) mass is 365 g/mol. The molecule has 0 saturated heterocycles. The maximum Gasteiger partial charge on any atom is 0.227 e. The first kappa shape index (κ1) is 17.5. The number of hydrogen-bond donors (Lipinski definition) is 3. The highest BCUT2D eigenvalue weighted by atomic mass is 16.3. The van der Waals surface area contributed by atoms with Gasteiger partial charge in [0.2, 0.25) is 5.91 Å². The van der Waals surface area contributed by atoms with E-state index in [1.54, 1.807) is 0 Å². The van der Waals surface area contributed by atoms with Crippen molar-refractivity contribution in [3.63, 3.8) is 0 Å². The van der Waals surface area contributed by atoms with Crippen LogP contribution in [0.1, 0.15) is 33.9 Å². The molecule has 140 valence electrons. The lowest BCUT2D eigenvalue weighted by Crippen LogP contribution is -2.37. The molecule has 0 radical (unpaired) electrons. The number of aromatic amines is 2. The molecule has 2 aromatic heterocycles. The Hall–Kier alpha value is -2.93. The lowest BCUT2D eigenvalue weighted by Gasteiger charge is -2.26. The van der Waals surface area contributed by atoms with Crippen LogP contribution in [0.4, 0.5) is 0 Å². The van der Waals surface area contributed by atoms with Gasteiger partial charge in [-0.2, -0.15) is 5.10 Å². The molecule has 3 N–H and O–H groups in total. The van der Waals surface area contributed by atoms with E-state index in [1.165, 1.54) is 0 Å². The highest BCUT2D eigenvalue weighted by molar-refractivity contribution is 5.79. The Morgan fingerprint density at radius 2 is 2.19 bits per heavy atom. The highest BCUT2D eigenvalue weighted by Crippen LogP contribution is 2.24. The summed E-state index contributed by atoms with van der Waals surface area (Å²) in [7, 11) is 0. The van der Waals surface area contributed by atoms with Gasteiger partial charge in [-0.25, -0.2) is 4.98 Å². The molecule has 1 amide bonds. The number of benzene rings is 1. The smallest absolute Gasteiger partial charge is 0.227 e. The first-order valence-corrected chi connectivity index (χ1v) is 9.11. The number of rotatable bonds is 4. The van der Waals surface area contributed by atoms with Crippen LogP contribution in [0.2, 0.25) is 0 Å². The molecule has 0 saturated carbocycles. The van der Waals surface area contributed by atoms with Crippen molar-refractivity contribution in [3.05, 3.63) is 58.2 Å². The second kappa shape index (κ2) is 7.00. The third-order valence-electron chi connectivity index (χ3n) is 5.18. The topological polar surface area (TPSA) is 97.9 Å². The van der Waals surface area contributed by atoms with Crippen LogP contribution in [0.5, 0.6) is 0 Å². The first-order valence-electron chi connectivity index (χ1n) is 9.11. The number of fused-ring (bicyclic) bond motifs is 1. The summed E-state index contributed by atoms with van der Waals surface area (Å²) in [6.07, 6.45) is 1.10. The molecule has 0 spiro atoms. The van der Waals surface area contributed by atoms with Crippen LogP contribution in [-0.2, 0) is 30.8 Å². The van der Waals surface area contributed by atoms with E-state index in [9.17, 15) is 9.90 Å². The largest absolute Gasteiger partial charge is 0.392 e. The van der Waals surface area contributed by atoms with Crippen molar-refractivity contribution < 1.29 is 9.90 Å². The van der Waals surface area contributed by atoms with Crippen molar-refractivity contribution in [2.75, 3.05) is 6.54 Å². The predicted molar refractivity (Wildman–Crippen MR) is 101 cm³/mol. The summed E-state index contributed by atoms with van der Waals surface area (Å²) < 4.78 is 0. The highest BCUT2D eigenvalue weighted by Gasteiger charge is 2.25. The van der Waals surface area contributed by atoms with Gasteiger partial charge in [0.15, 0.2) is 0 Å². The molecule has 4 rings (SSSR count). The SMILES string of the molecule is Cc1n[nH]c(C)c1CC(=O)N1CCc2nc(-c3cccc(CO)c3)[nH]c2C1. The molecule has 7 nitrogen and oxygen atoms in total. The molecule has 0 atom stereocenters. The molecule has 27 heavy (non-hydrogen) atoms. The van der Waals surface area contributed by atoms with Gasteiger partial charge >= 0.3 is 0 Å². The second-order valence-electron chi connectivity index (χ2n) is 7.02. The molecule has 3 heterocycles. The molecule has 0 aliphatic carbocycles. The number of H-pyrrole nitrogens is 2. The van der Waals surface area contributed by atoms with Gasteiger partial charge in [0.1, 0.15) is 5.82 Å². The number of hydrogen-bond acceptors (Lipinski definition) is 4. The zero-order chi connectivity index (χ0) is 19.0. The Kier molecular flexibility index (Phi) is 4.53. The molecular weight excluding hydrogens is 342 g/mol. The van der Waals surface area contributed by atoms with E-state index in [1.807, 2.05) is 43.0 Å². The van der Waals surface area contributed by atoms with Crippen LogP contribution >= 0.6 is 0 Å². The van der Waals surface area contributed by atoms with E-state index in [2.05, 4.69) is 15.2 Å². The van der Waals surface area contributed by atoms with Crippen LogP contribution in [0, 0.1) is 13.8 Å². The van der Waals surface area contributed by atoms with Crippen LogP contribution in [0.25, 0.3) is 11.4 Å². The zero-order valence-corrected chi connectivity index (χ0v) is 15.5. The number of nitrogens with one attached hydrogen (secondary N) is 2. The van der Waals surface area contributed by atoms with Crippen molar-refractivity contribution in [1.29, 1.82) is 0 Å². The number of aromatic nitrogens is 4. The minimum absolute atomic E-state index is 0.00336. The Morgan fingerprint density at radius 3 is 2.93 bits per heavy atom. The fraction of sp³-hybridized carbons (Fsp3) is 0.350. The second-order valence-corrected chi connectivity index (χ2v) is 7.02. The number of carbonyl (C=O) groups excluding carboxylic acids is 1. The molecule has 0 bridgehead atoms. The van der Waals surface area contributed by atoms with E-state index in [-0.39, 0.29) is 12.5 Å². The van der Waals surface area contributed by atoms with Gasteiger partial charge in [-0.3, -0.25) is 9.89 Å². The predicted octanol–water partition coefficient (Wildman–Crippen LogP) is 2.04. The lowest BCUT2D eigenvalue weighted by atomic mass is 10.1. The minimum Gasteiger partial charge on any atom is -0.392 e. The minimum atomic E-state index is 0.00336. The van der Waals surface area contributed by atoms with Gasteiger partial charge < -0.3 is 15.0 Å². The van der Waals surface area contributed by atoms with Gasteiger partial charge in [0.05, 0.1) is 36.7 Å². The molecule has 1 aliphatic heterocycles. The Morgan fingerprint density at radius 1 is 1.33 bits per heavy atom. The maximum atomic E-state index is 12.8. The van der Waals surface area contributed by atoms with Crippen molar-refractivity contribution in [1.82, 2.24) is 25.1 Å². The van der Waals surface area contributed by atoms with Gasteiger partial charge in [-0.1, -0.05) is 18.2 Å². The van der Waals surface area contributed by atoms with Crippen LogP contribution in [-0.4, -0.2) is 42.6 Å². The molecule has 3 aromatic rings. The van der Waals surface area contributed by atoms with Crippen LogP contribution in [0.15, 0.2) is 24.3 Å². The summed E-state index contributed by atoms with van der Waals surface area (Å²) in [4.78, 5) is 22.7. The number of imidazole rings is 1. The number of carbonyl (C=O) groups is 1. The molecule has 0 fully saturated rings. The van der Waals surface area contributed by atoms with E-state index in [0.29, 0.717) is 19.5 Å². The van der Waals surface area contributed by atoms with E-state index < -0.39 is 0 Å². The molecule has 1 aromatic carbocycles. The number of aliphatic hydroxyl groups excluding tert-OH is 1.